The van der Waals surface area contributed by atoms with Crippen molar-refractivity contribution in [3.05, 3.63) is 71.7 Å². The Morgan fingerprint density at radius 3 is 2.00 bits per heavy atom. The van der Waals surface area contributed by atoms with Gasteiger partial charge in [0.1, 0.15) is 35.2 Å². The number of benzene rings is 2. The molecule has 3 atom stereocenters. The Morgan fingerprint density at radius 2 is 1.52 bits per heavy atom. The van der Waals surface area contributed by atoms with Gasteiger partial charge in [-0.25, -0.2) is 0 Å². The molecule has 0 N–H and O–H groups in total. The van der Waals surface area contributed by atoms with Gasteiger partial charge in [0.15, 0.2) is 5.76 Å². The van der Waals surface area contributed by atoms with Gasteiger partial charge >= 0.3 is 0 Å². The average molecular weight is 457 g/mol. The Hall–Kier alpha value is -3.16. The lowest BCUT2D eigenvalue weighted by molar-refractivity contribution is -0.0899. The van der Waals surface area contributed by atoms with Gasteiger partial charge in [-0.2, -0.15) is 0 Å². The third-order valence-electron chi connectivity index (χ3n) is 5.75. The van der Waals surface area contributed by atoms with Gasteiger partial charge in [-0.05, 0) is 5.56 Å². The summed E-state index contributed by atoms with van der Waals surface area (Å²) in [5, 5.41) is 0. The van der Waals surface area contributed by atoms with E-state index in [1.165, 1.54) is 0 Å². The predicted octanol–water partition coefficient (Wildman–Crippen LogP) is 4.43. The molecule has 2 aromatic carbocycles. The van der Waals surface area contributed by atoms with Crippen LogP contribution >= 0.6 is 0 Å². The Kier molecular flexibility index (Phi) is 8.25. The Morgan fingerprint density at radius 1 is 0.879 bits per heavy atom. The lowest BCUT2D eigenvalue weighted by Crippen LogP contribution is -2.44. The second-order valence-electron chi connectivity index (χ2n) is 7.48. The van der Waals surface area contributed by atoms with Crippen molar-refractivity contribution in [1.82, 2.24) is 0 Å². The average Bonchev–Trinajstić information content (AvgIpc) is 2.87. The SMILES string of the molecule is C=C(C1=C(OC)[C@@H](c2c(OC)cc(OC)cc2OC)[C@H](OC)[C@@H](COC)O1)c1ccccc1. The molecule has 7 nitrogen and oxygen atoms in total. The largest absolute Gasteiger partial charge is 0.496 e. The Balaban J connectivity index is 2.29. The summed E-state index contributed by atoms with van der Waals surface area (Å²) in [6.07, 6.45) is -0.890. The molecule has 0 saturated heterocycles. The highest BCUT2D eigenvalue weighted by atomic mass is 16.6. The van der Waals surface area contributed by atoms with Gasteiger partial charge in [-0.3, -0.25) is 0 Å². The predicted molar refractivity (Wildman–Crippen MR) is 126 cm³/mol. The summed E-state index contributed by atoms with van der Waals surface area (Å²) in [4.78, 5) is 0. The number of ether oxygens (including phenoxy) is 7. The molecule has 178 valence electrons. The van der Waals surface area contributed by atoms with Crippen LogP contribution in [0.15, 0.2) is 60.6 Å². The molecule has 3 rings (SSSR count). The van der Waals surface area contributed by atoms with Crippen molar-refractivity contribution in [2.75, 3.05) is 49.3 Å². The molecule has 33 heavy (non-hydrogen) atoms. The molecule has 0 unspecified atom stereocenters. The zero-order chi connectivity index (χ0) is 24.0. The lowest BCUT2D eigenvalue weighted by Gasteiger charge is -2.40. The van der Waals surface area contributed by atoms with E-state index in [2.05, 4.69) is 6.58 Å². The minimum absolute atomic E-state index is 0.304. The normalized spacial score (nSPS) is 20.1. The molecule has 0 bridgehead atoms. The monoisotopic (exact) mass is 456 g/mol. The first-order valence-electron chi connectivity index (χ1n) is 10.6. The van der Waals surface area contributed by atoms with Crippen molar-refractivity contribution >= 4 is 5.57 Å². The van der Waals surface area contributed by atoms with Crippen LogP contribution in [0.3, 0.4) is 0 Å². The fourth-order valence-corrected chi connectivity index (χ4v) is 4.21. The second-order valence-corrected chi connectivity index (χ2v) is 7.48. The lowest BCUT2D eigenvalue weighted by atomic mass is 9.83. The van der Waals surface area contributed by atoms with Crippen molar-refractivity contribution in [3.8, 4) is 17.2 Å². The highest BCUT2D eigenvalue weighted by Gasteiger charge is 2.45. The van der Waals surface area contributed by atoms with Crippen molar-refractivity contribution in [3.63, 3.8) is 0 Å². The first-order chi connectivity index (χ1) is 16.0. The van der Waals surface area contributed by atoms with E-state index >= 15 is 0 Å². The summed E-state index contributed by atoms with van der Waals surface area (Å²) in [6.45, 7) is 4.61. The van der Waals surface area contributed by atoms with Crippen LogP contribution < -0.4 is 14.2 Å². The maximum absolute atomic E-state index is 6.39. The first-order valence-corrected chi connectivity index (χ1v) is 10.6. The quantitative estimate of drug-likeness (QED) is 0.524. The van der Waals surface area contributed by atoms with Crippen LogP contribution in [0.4, 0.5) is 0 Å². The van der Waals surface area contributed by atoms with Gasteiger partial charge in [-0.15, -0.1) is 0 Å². The number of rotatable bonds is 10. The molecular weight excluding hydrogens is 424 g/mol. The smallest absolute Gasteiger partial charge is 0.165 e. The maximum Gasteiger partial charge on any atom is 0.165 e. The summed E-state index contributed by atoms with van der Waals surface area (Å²) >= 11 is 0. The molecule has 1 aliphatic heterocycles. The van der Waals surface area contributed by atoms with E-state index in [9.17, 15) is 0 Å². The third-order valence-corrected chi connectivity index (χ3v) is 5.75. The maximum atomic E-state index is 6.39. The van der Waals surface area contributed by atoms with E-state index in [0.717, 1.165) is 11.1 Å². The Labute approximate surface area is 195 Å². The number of allylic oxidation sites excluding steroid dienone is 1. The van der Waals surface area contributed by atoms with Crippen LogP contribution in [-0.4, -0.2) is 61.5 Å². The molecule has 1 heterocycles. The minimum atomic E-state index is -0.455. The van der Waals surface area contributed by atoms with E-state index in [4.69, 9.17) is 33.2 Å². The highest BCUT2D eigenvalue weighted by Crippen LogP contribution is 2.49. The van der Waals surface area contributed by atoms with Gasteiger partial charge in [0.2, 0.25) is 0 Å². The van der Waals surface area contributed by atoms with E-state index in [0.29, 0.717) is 40.9 Å². The minimum Gasteiger partial charge on any atom is -0.496 e. The molecule has 0 spiro atoms. The molecule has 0 aliphatic carbocycles. The van der Waals surface area contributed by atoms with Gasteiger partial charge in [0.25, 0.3) is 0 Å². The molecule has 0 radical (unpaired) electrons. The van der Waals surface area contributed by atoms with Gasteiger partial charge in [0.05, 0.1) is 41.0 Å². The molecule has 7 heteroatoms. The second kappa shape index (κ2) is 11.1. The van der Waals surface area contributed by atoms with Crippen molar-refractivity contribution in [1.29, 1.82) is 0 Å². The van der Waals surface area contributed by atoms with Crippen LogP contribution in [0.2, 0.25) is 0 Å². The standard InChI is InChI=1S/C26H32O7/c1-16(17-11-9-8-10-12-17)24-26(32-7)23(25(31-6)21(33-24)15-27-2)22-19(29-4)13-18(28-3)14-20(22)30-5/h8-14,21,23,25H,1,15H2,2-7H3/t21-,23+,25-/m1/s1. The van der Waals surface area contributed by atoms with E-state index in [1.807, 2.05) is 42.5 Å². The Bertz CT molecular complexity index is 958. The molecule has 1 aliphatic rings. The highest BCUT2D eigenvalue weighted by molar-refractivity contribution is 5.77. The summed E-state index contributed by atoms with van der Waals surface area (Å²) in [5.74, 6) is 2.43. The number of methoxy groups -OCH3 is 6. The van der Waals surface area contributed by atoms with E-state index < -0.39 is 18.1 Å². The van der Waals surface area contributed by atoms with Gasteiger partial charge < -0.3 is 33.2 Å². The van der Waals surface area contributed by atoms with Gasteiger partial charge in [-0.1, -0.05) is 36.9 Å². The van der Waals surface area contributed by atoms with Gasteiger partial charge in [0, 0.05) is 37.5 Å². The summed E-state index contributed by atoms with van der Waals surface area (Å²) in [5.41, 5.74) is 2.37. The number of hydrogen-bond acceptors (Lipinski definition) is 7. The van der Waals surface area contributed by atoms with Crippen molar-refractivity contribution in [2.45, 2.75) is 18.1 Å². The summed E-state index contributed by atoms with van der Waals surface area (Å²) < 4.78 is 40.7. The van der Waals surface area contributed by atoms with Crippen LogP contribution in [-0.2, 0) is 18.9 Å². The third kappa shape index (κ3) is 4.79. The first kappa shape index (κ1) is 24.5. The molecule has 0 aromatic heterocycles. The zero-order valence-corrected chi connectivity index (χ0v) is 20.0. The molecular formula is C26H32O7. The molecule has 0 amide bonds. The van der Waals surface area contributed by atoms with Crippen LogP contribution in [0.1, 0.15) is 17.0 Å². The fraction of sp³-hybridized carbons (Fsp3) is 0.385. The topological polar surface area (TPSA) is 64.6 Å². The van der Waals surface area contributed by atoms with Crippen LogP contribution in [0.5, 0.6) is 17.2 Å². The number of hydrogen-bond donors (Lipinski definition) is 0. The molecule has 2 aromatic rings. The fourth-order valence-electron chi connectivity index (χ4n) is 4.21. The van der Waals surface area contributed by atoms with Crippen molar-refractivity contribution in [2.24, 2.45) is 0 Å². The van der Waals surface area contributed by atoms with Crippen LogP contribution in [0, 0.1) is 0 Å². The van der Waals surface area contributed by atoms with E-state index in [1.54, 1.807) is 42.7 Å². The molecule has 0 saturated carbocycles. The van der Waals surface area contributed by atoms with Crippen LogP contribution in [0.25, 0.3) is 5.57 Å². The van der Waals surface area contributed by atoms with E-state index in [-0.39, 0.29) is 0 Å². The van der Waals surface area contributed by atoms with Crippen molar-refractivity contribution < 1.29 is 33.2 Å². The molecule has 0 fully saturated rings. The summed E-state index contributed by atoms with van der Waals surface area (Å²) in [7, 11) is 9.67. The summed E-state index contributed by atoms with van der Waals surface area (Å²) in [6, 6.07) is 13.4. The zero-order valence-electron chi connectivity index (χ0n) is 20.0.